The topological polar surface area (TPSA) is 0 Å². The van der Waals surface area contributed by atoms with Crippen LogP contribution in [0.1, 0.15) is 29.5 Å². The van der Waals surface area contributed by atoms with Gasteiger partial charge < -0.3 is 0 Å². The number of hydrogen-bond acceptors (Lipinski definition) is 0. The summed E-state index contributed by atoms with van der Waals surface area (Å²) < 4.78 is 6.79. The number of hydrogen-bond donors (Lipinski definition) is 0. The molecule has 2 aromatic carbocycles. The first kappa shape index (κ1) is 19.9. The van der Waals surface area contributed by atoms with Crippen LogP contribution in [0.25, 0.3) is 12.2 Å². The Hall–Kier alpha value is -0.400. The van der Waals surface area contributed by atoms with E-state index >= 15 is 0 Å². The Balaban J connectivity index is 0.00000104. The Bertz CT molecular complexity index is 752. The quantitative estimate of drug-likeness (QED) is 0.530. The first-order valence-electron chi connectivity index (χ1n) is 8.22. The predicted molar refractivity (Wildman–Crippen MR) is 113 cm³/mol. The monoisotopic (exact) mass is 453 g/mol. The zero-order valence-corrected chi connectivity index (χ0v) is 20.5. The summed E-state index contributed by atoms with van der Waals surface area (Å²) in [5, 5.41) is 0. The van der Waals surface area contributed by atoms with Crippen molar-refractivity contribution in [2.24, 2.45) is 0 Å². The van der Waals surface area contributed by atoms with Gasteiger partial charge in [0.15, 0.2) is 0 Å². The van der Waals surface area contributed by atoms with Gasteiger partial charge in [-0.25, -0.2) is 0 Å². The molecule has 0 heterocycles. The van der Waals surface area contributed by atoms with Crippen molar-refractivity contribution in [2.75, 3.05) is 0 Å². The van der Waals surface area contributed by atoms with E-state index in [1.54, 1.807) is 11.1 Å². The van der Waals surface area contributed by atoms with Gasteiger partial charge in [0.1, 0.15) is 0 Å². The van der Waals surface area contributed by atoms with Crippen LogP contribution in [-0.2, 0) is 17.9 Å². The van der Waals surface area contributed by atoms with Gasteiger partial charge in [0.05, 0.1) is 0 Å². The maximum atomic E-state index is 2.70. The molecule has 0 saturated carbocycles. The van der Waals surface area contributed by atoms with E-state index in [1.807, 2.05) is 0 Å². The van der Waals surface area contributed by atoms with Gasteiger partial charge in [-0.1, -0.05) is 0 Å². The maximum absolute atomic E-state index is 2.90. The van der Waals surface area contributed by atoms with Gasteiger partial charge in [-0.3, -0.25) is 0 Å². The van der Waals surface area contributed by atoms with Crippen LogP contribution in [0.5, 0.6) is 0 Å². The molecule has 0 aromatic heterocycles. The number of rotatable bonds is 2. The van der Waals surface area contributed by atoms with Crippen molar-refractivity contribution in [1.82, 2.24) is 0 Å². The molecule has 0 amide bonds. The molecule has 2 aliphatic rings. The standard InChI is InChI=1S/2C9H7.2CH3.2ClH.H3Si.Zr/c2*1-2-5-9-7-3-6-8(9)4-1;;;;;;/h2*1-7H;2*1H3;2*1H;1H3;. The minimum absolute atomic E-state index is 0. The van der Waals surface area contributed by atoms with Crippen LogP contribution in [0.2, 0.25) is 9.26 Å². The van der Waals surface area contributed by atoms with Gasteiger partial charge in [-0.2, -0.15) is 0 Å². The normalized spacial score (nSPS) is 22.0. The Labute approximate surface area is 160 Å². The fourth-order valence-corrected chi connectivity index (χ4v) is 22.0. The summed E-state index contributed by atoms with van der Waals surface area (Å²) in [5.74, 6) is 0. The van der Waals surface area contributed by atoms with Crippen molar-refractivity contribution in [3.05, 3.63) is 82.9 Å². The third kappa shape index (κ3) is 2.97. The van der Waals surface area contributed by atoms with Gasteiger partial charge in [-0.05, 0) is 0 Å². The van der Waals surface area contributed by atoms with Crippen LogP contribution in [0, 0.1) is 0 Å². The van der Waals surface area contributed by atoms with E-state index in [4.69, 9.17) is 0 Å². The van der Waals surface area contributed by atoms with Crippen LogP contribution in [0.3, 0.4) is 0 Å². The fourth-order valence-electron chi connectivity index (χ4n) is 4.49. The summed E-state index contributed by atoms with van der Waals surface area (Å²) in [5.41, 5.74) is 6.07. The van der Waals surface area contributed by atoms with E-state index in [2.05, 4.69) is 82.1 Å². The number of allylic oxidation sites excluding steroid dienone is 2. The Morgan fingerprint density at radius 3 is 1.50 bits per heavy atom. The van der Waals surface area contributed by atoms with Crippen molar-refractivity contribution >= 4 is 44.3 Å². The average Bonchev–Trinajstić information content (AvgIpc) is 3.12. The average molecular weight is 456 g/mol. The van der Waals surface area contributed by atoms with E-state index in [9.17, 15) is 0 Å². The summed E-state index contributed by atoms with van der Waals surface area (Å²) in [7, 11) is 1.34. The zero-order valence-electron chi connectivity index (χ0n) is 14.4. The summed E-state index contributed by atoms with van der Waals surface area (Å²) in [6.45, 7) is 0. The molecule has 4 heteroatoms. The number of halogens is 2. The third-order valence-corrected chi connectivity index (χ3v) is 26.6. The molecule has 0 nitrogen and oxygen atoms in total. The van der Waals surface area contributed by atoms with E-state index in [-0.39, 0.29) is 24.8 Å². The van der Waals surface area contributed by atoms with Crippen LogP contribution in [-0.4, -0.2) is 7.37 Å². The molecule has 0 fully saturated rings. The molecule has 2 atom stereocenters. The molecule has 0 radical (unpaired) electrons. The first-order chi connectivity index (χ1) is 10.5. The van der Waals surface area contributed by atoms with Crippen molar-refractivity contribution in [2.45, 2.75) is 16.5 Å². The first-order valence-corrected chi connectivity index (χ1v) is 24.3. The molecule has 4 rings (SSSR count). The summed E-state index contributed by atoms with van der Waals surface area (Å²) in [6.07, 6.45) is 9.78. The number of benzene rings is 2. The summed E-state index contributed by atoms with van der Waals surface area (Å²) >= 11 is -2.90. The molecular formula is C20H25Cl2SiZr. The van der Waals surface area contributed by atoms with Gasteiger partial charge >= 0.3 is 137 Å². The Kier molecular flexibility index (Phi) is 5.58. The molecule has 2 aromatic rings. The van der Waals surface area contributed by atoms with Crippen molar-refractivity contribution in [3.8, 4) is 0 Å². The van der Waals surface area contributed by atoms with Crippen molar-refractivity contribution in [3.63, 3.8) is 0 Å². The van der Waals surface area contributed by atoms with E-state index in [0.29, 0.717) is 7.25 Å². The van der Waals surface area contributed by atoms with Crippen LogP contribution >= 0.6 is 24.8 Å². The van der Waals surface area contributed by atoms with E-state index in [0.717, 1.165) is 0 Å². The third-order valence-electron chi connectivity index (χ3n) is 5.82. The zero-order chi connectivity index (χ0) is 15.4. The SMILES string of the molecule is Cl.Cl.[CH3][Zr]([CH3])([SiH3])([CH]1C=Cc2ccccc21)[CH]1C=Cc2ccccc21. The van der Waals surface area contributed by atoms with Crippen molar-refractivity contribution < 1.29 is 17.9 Å². The van der Waals surface area contributed by atoms with Crippen LogP contribution in [0.15, 0.2) is 60.7 Å². The van der Waals surface area contributed by atoms with Crippen LogP contribution in [0.4, 0.5) is 0 Å². The van der Waals surface area contributed by atoms with Gasteiger partial charge in [0.25, 0.3) is 0 Å². The Morgan fingerprint density at radius 1 is 0.708 bits per heavy atom. The molecule has 0 saturated heterocycles. The second-order valence-electron chi connectivity index (χ2n) is 8.33. The summed E-state index contributed by atoms with van der Waals surface area (Å²) in [4.78, 5) is 0. The molecule has 127 valence electrons. The molecule has 0 spiro atoms. The summed E-state index contributed by atoms with van der Waals surface area (Å²) in [6, 6.07) is 18.0. The van der Waals surface area contributed by atoms with Gasteiger partial charge in [-0.15, -0.1) is 24.8 Å². The molecule has 0 N–H and O–H groups in total. The Morgan fingerprint density at radius 2 is 1.08 bits per heavy atom. The van der Waals surface area contributed by atoms with E-state index in [1.165, 1.54) is 18.5 Å². The fraction of sp³-hybridized carbons (Fsp3) is 0.200. The van der Waals surface area contributed by atoms with Crippen molar-refractivity contribution in [1.29, 1.82) is 0 Å². The molecule has 0 bridgehead atoms. The molecule has 24 heavy (non-hydrogen) atoms. The molecule has 2 unspecified atom stereocenters. The predicted octanol–water partition coefficient (Wildman–Crippen LogP) is 5.43. The molecular weight excluding hydrogens is 430 g/mol. The number of fused-ring (bicyclic) bond motifs is 2. The minimum atomic E-state index is -2.90. The van der Waals surface area contributed by atoms with Crippen LogP contribution < -0.4 is 0 Å². The van der Waals surface area contributed by atoms with Gasteiger partial charge in [0, 0.05) is 0 Å². The molecule has 2 aliphatic carbocycles. The molecule has 0 aliphatic heterocycles. The van der Waals surface area contributed by atoms with E-state index < -0.39 is 17.9 Å². The second-order valence-corrected chi connectivity index (χ2v) is 46.8. The van der Waals surface area contributed by atoms with Gasteiger partial charge in [0.2, 0.25) is 0 Å². The second kappa shape index (κ2) is 6.72.